The van der Waals surface area contributed by atoms with Crippen molar-refractivity contribution < 1.29 is 9.53 Å². The third-order valence-corrected chi connectivity index (χ3v) is 4.26. The second-order valence-electron chi connectivity index (χ2n) is 5.39. The normalized spacial score (nSPS) is 10.3. The lowest BCUT2D eigenvalue weighted by Crippen LogP contribution is -2.12. The zero-order chi connectivity index (χ0) is 17.6. The van der Waals surface area contributed by atoms with E-state index in [1.165, 1.54) is 0 Å². The van der Waals surface area contributed by atoms with E-state index in [4.69, 9.17) is 27.9 Å². The third kappa shape index (κ3) is 4.75. The molecule has 3 aromatic rings. The zero-order valence-electron chi connectivity index (χ0n) is 13.2. The molecule has 0 unspecified atom stereocenters. The van der Waals surface area contributed by atoms with E-state index in [2.05, 4.69) is 5.32 Å². The largest absolute Gasteiger partial charge is 0.489 e. The van der Waals surface area contributed by atoms with E-state index < -0.39 is 0 Å². The van der Waals surface area contributed by atoms with E-state index in [1.54, 1.807) is 36.4 Å². The summed E-state index contributed by atoms with van der Waals surface area (Å²) in [4.78, 5) is 12.4. The SMILES string of the molecule is O=C(Nc1ccc(Cl)c(Cl)c1)c1cccc(OCc2ccccc2)c1. The van der Waals surface area contributed by atoms with Crippen molar-refractivity contribution >= 4 is 34.8 Å². The fourth-order valence-electron chi connectivity index (χ4n) is 2.25. The van der Waals surface area contributed by atoms with Gasteiger partial charge in [-0.2, -0.15) is 0 Å². The lowest BCUT2D eigenvalue weighted by Gasteiger charge is -2.09. The van der Waals surface area contributed by atoms with Crippen molar-refractivity contribution in [2.45, 2.75) is 6.61 Å². The molecule has 3 nitrogen and oxygen atoms in total. The van der Waals surface area contributed by atoms with E-state index in [0.717, 1.165) is 5.56 Å². The van der Waals surface area contributed by atoms with Crippen molar-refractivity contribution in [2.75, 3.05) is 5.32 Å². The summed E-state index contributed by atoms with van der Waals surface area (Å²) >= 11 is 11.8. The lowest BCUT2D eigenvalue weighted by molar-refractivity contribution is 0.102. The summed E-state index contributed by atoms with van der Waals surface area (Å²) in [5.74, 6) is 0.384. The molecule has 0 atom stereocenters. The van der Waals surface area contributed by atoms with Crippen molar-refractivity contribution in [1.82, 2.24) is 0 Å². The minimum Gasteiger partial charge on any atom is -0.489 e. The van der Waals surface area contributed by atoms with Crippen molar-refractivity contribution in [3.05, 3.63) is 94.0 Å². The number of hydrogen-bond donors (Lipinski definition) is 1. The summed E-state index contributed by atoms with van der Waals surface area (Å²) in [5.41, 5.74) is 2.14. The molecule has 0 fully saturated rings. The molecule has 0 spiro atoms. The first kappa shape index (κ1) is 17.3. The first-order chi connectivity index (χ1) is 12.1. The van der Waals surface area contributed by atoms with Crippen LogP contribution in [0.5, 0.6) is 5.75 Å². The Bertz CT molecular complexity index is 882. The van der Waals surface area contributed by atoms with Gasteiger partial charge in [-0.05, 0) is 42.0 Å². The topological polar surface area (TPSA) is 38.3 Å². The van der Waals surface area contributed by atoms with Crippen molar-refractivity contribution in [1.29, 1.82) is 0 Å². The lowest BCUT2D eigenvalue weighted by atomic mass is 10.2. The van der Waals surface area contributed by atoms with E-state index >= 15 is 0 Å². The van der Waals surface area contributed by atoms with Crippen LogP contribution in [0.1, 0.15) is 15.9 Å². The van der Waals surface area contributed by atoms with Crippen molar-refractivity contribution in [3.63, 3.8) is 0 Å². The van der Waals surface area contributed by atoms with Gasteiger partial charge in [0.15, 0.2) is 0 Å². The van der Waals surface area contributed by atoms with Crippen molar-refractivity contribution in [2.24, 2.45) is 0 Å². The molecule has 0 aliphatic rings. The molecule has 0 bridgehead atoms. The molecule has 0 aromatic heterocycles. The van der Waals surface area contributed by atoms with Gasteiger partial charge < -0.3 is 10.1 Å². The summed E-state index contributed by atoms with van der Waals surface area (Å²) in [5, 5.41) is 3.62. The molecule has 0 saturated carbocycles. The van der Waals surface area contributed by atoms with Gasteiger partial charge in [-0.1, -0.05) is 59.6 Å². The Labute approximate surface area is 156 Å². The van der Waals surface area contributed by atoms with Crippen LogP contribution in [0.15, 0.2) is 72.8 Å². The molecular formula is C20H15Cl2NO2. The zero-order valence-corrected chi connectivity index (χ0v) is 14.7. The number of halogens is 2. The second-order valence-corrected chi connectivity index (χ2v) is 6.20. The molecule has 3 aromatic carbocycles. The molecule has 25 heavy (non-hydrogen) atoms. The van der Waals surface area contributed by atoms with Gasteiger partial charge in [-0.25, -0.2) is 0 Å². The summed E-state index contributed by atoms with van der Waals surface area (Å²) in [6.07, 6.45) is 0. The standard InChI is InChI=1S/C20H15Cl2NO2/c21-18-10-9-16(12-19(18)22)23-20(24)15-7-4-8-17(11-15)25-13-14-5-2-1-3-6-14/h1-12H,13H2,(H,23,24). The average Bonchev–Trinajstić information content (AvgIpc) is 2.64. The summed E-state index contributed by atoms with van der Waals surface area (Å²) < 4.78 is 5.75. The average molecular weight is 372 g/mol. The molecule has 0 aliphatic carbocycles. The van der Waals surface area contributed by atoms with Crippen LogP contribution in [0.25, 0.3) is 0 Å². The van der Waals surface area contributed by atoms with Gasteiger partial charge in [0.2, 0.25) is 0 Å². The Kier molecular flexibility index (Phi) is 5.59. The molecule has 1 amide bonds. The Morgan fingerprint density at radius 3 is 2.44 bits per heavy atom. The van der Waals surface area contributed by atoms with E-state index in [1.807, 2.05) is 36.4 Å². The quantitative estimate of drug-likeness (QED) is 0.612. The molecule has 3 rings (SSSR count). The molecular weight excluding hydrogens is 357 g/mol. The Balaban J connectivity index is 1.67. The van der Waals surface area contributed by atoms with Gasteiger partial charge in [0.05, 0.1) is 10.0 Å². The predicted molar refractivity (Wildman–Crippen MR) is 102 cm³/mol. The number of carbonyl (C=O) groups is 1. The van der Waals surface area contributed by atoms with E-state index in [0.29, 0.717) is 33.7 Å². The number of anilines is 1. The van der Waals surface area contributed by atoms with Crippen LogP contribution >= 0.6 is 23.2 Å². The Morgan fingerprint density at radius 2 is 1.68 bits per heavy atom. The third-order valence-electron chi connectivity index (χ3n) is 3.52. The van der Waals surface area contributed by atoms with Crippen molar-refractivity contribution in [3.8, 4) is 5.75 Å². The minimum absolute atomic E-state index is 0.247. The molecule has 0 saturated heterocycles. The van der Waals surface area contributed by atoms with E-state index in [-0.39, 0.29) is 5.91 Å². The minimum atomic E-state index is -0.247. The van der Waals surface area contributed by atoms with Crippen LogP contribution in [0.3, 0.4) is 0 Å². The smallest absolute Gasteiger partial charge is 0.255 e. The highest BCUT2D eigenvalue weighted by Gasteiger charge is 2.09. The Morgan fingerprint density at radius 1 is 0.880 bits per heavy atom. The molecule has 5 heteroatoms. The first-order valence-electron chi connectivity index (χ1n) is 7.65. The number of carbonyl (C=O) groups excluding carboxylic acids is 1. The fourth-order valence-corrected chi connectivity index (χ4v) is 2.54. The highest BCUT2D eigenvalue weighted by molar-refractivity contribution is 6.42. The van der Waals surface area contributed by atoms with Crippen LogP contribution < -0.4 is 10.1 Å². The molecule has 1 N–H and O–H groups in total. The number of ether oxygens (including phenoxy) is 1. The maximum absolute atomic E-state index is 12.4. The number of nitrogens with one attached hydrogen (secondary N) is 1. The number of rotatable bonds is 5. The molecule has 0 heterocycles. The fraction of sp³-hybridized carbons (Fsp3) is 0.0500. The van der Waals surface area contributed by atoms with Gasteiger partial charge in [0, 0.05) is 11.3 Å². The van der Waals surface area contributed by atoms with Crippen LogP contribution in [-0.4, -0.2) is 5.91 Å². The van der Waals surface area contributed by atoms with Gasteiger partial charge >= 0.3 is 0 Å². The highest BCUT2D eigenvalue weighted by Crippen LogP contribution is 2.25. The van der Waals surface area contributed by atoms with Gasteiger partial charge in [-0.3, -0.25) is 4.79 Å². The maximum Gasteiger partial charge on any atom is 0.255 e. The Hall–Kier alpha value is -2.49. The highest BCUT2D eigenvalue weighted by atomic mass is 35.5. The predicted octanol–water partition coefficient (Wildman–Crippen LogP) is 5.82. The first-order valence-corrected chi connectivity index (χ1v) is 8.40. The second kappa shape index (κ2) is 8.06. The van der Waals surface area contributed by atoms with Gasteiger partial charge in [0.25, 0.3) is 5.91 Å². The summed E-state index contributed by atoms with van der Waals surface area (Å²) in [6, 6.07) is 21.8. The van der Waals surface area contributed by atoms with Gasteiger partial charge in [0.1, 0.15) is 12.4 Å². The molecule has 0 radical (unpaired) electrons. The van der Waals surface area contributed by atoms with Gasteiger partial charge in [-0.15, -0.1) is 0 Å². The number of amides is 1. The molecule has 0 aliphatic heterocycles. The van der Waals surface area contributed by atoms with Crippen LogP contribution in [0.2, 0.25) is 10.0 Å². The number of benzene rings is 3. The summed E-state index contributed by atoms with van der Waals surface area (Å²) in [7, 11) is 0. The monoisotopic (exact) mass is 371 g/mol. The maximum atomic E-state index is 12.4. The van der Waals surface area contributed by atoms with E-state index in [9.17, 15) is 4.79 Å². The van der Waals surface area contributed by atoms with Crippen LogP contribution in [0, 0.1) is 0 Å². The molecule has 126 valence electrons. The van der Waals surface area contributed by atoms with Crippen LogP contribution in [0.4, 0.5) is 5.69 Å². The summed E-state index contributed by atoms with van der Waals surface area (Å²) in [6.45, 7) is 0.443. The number of hydrogen-bond acceptors (Lipinski definition) is 2. The van der Waals surface area contributed by atoms with Crippen LogP contribution in [-0.2, 0) is 6.61 Å².